The van der Waals surface area contributed by atoms with Crippen LogP contribution < -0.4 is 0 Å². The van der Waals surface area contributed by atoms with Crippen molar-refractivity contribution in [3.8, 4) is 0 Å². The number of pyridine rings is 1. The van der Waals surface area contributed by atoms with Crippen LogP contribution in [-0.4, -0.2) is 30.8 Å². The molecule has 2 heterocycles. The average molecular weight is 345 g/mol. The number of thiophene rings is 1. The largest absolute Gasteiger partial charge is 0.260 e. The van der Waals surface area contributed by atoms with Crippen molar-refractivity contribution in [2.45, 2.75) is 30.3 Å². The van der Waals surface area contributed by atoms with Gasteiger partial charge in [-0.3, -0.25) is 0 Å². The minimum absolute atomic E-state index is 0.0527. The fourth-order valence-corrected chi connectivity index (χ4v) is 4.13. The van der Waals surface area contributed by atoms with E-state index in [0.717, 1.165) is 10.4 Å². The molecule has 1 atom stereocenters. The summed E-state index contributed by atoms with van der Waals surface area (Å²) in [7, 11) is -1.99. The SMILES string of the molecule is CC(Cc1cccs1)N(C)S(=O)(=O)c1ccc(CCl)cn1. The van der Waals surface area contributed by atoms with Crippen LogP contribution in [0.5, 0.6) is 0 Å². The van der Waals surface area contributed by atoms with Crippen LogP contribution in [0.2, 0.25) is 0 Å². The van der Waals surface area contributed by atoms with Crippen LogP contribution in [0.3, 0.4) is 0 Å². The number of hydrogen-bond donors (Lipinski definition) is 0. The molecule has 7 heteroatoms. The van der Waals surface area contributed by atoms with Gasteiger partial charge >= 0.3 is 0 Å². The summed E-state index contributed by atoms with van der Waals surface area (Å²) in [5, 5.41) is 2.04. The second-order valence-corrected chi connectivity index (χ2v) is 8.04. The van der Waals surface area contributed by atoms with Gasteiger partial charge in [-0.05, 0) is 36.4 Å². The van der Waals surface area contributed by atoms with Gasteiger partial charge in [0.15, 0.2) is 5.03 Å². The fraction of sp³-hybridized carbons (Fsp3) is 0.357. The average Bonchev–Trinajstić information content (AvgIpc) is 2.99. The van der Waals surface area contributed by atoms with Crippen LogP contribution in [0.1, 0.15) is 17.4 Å². The molecule has 0 aliphatic heterocycles. The van der Waals surface area contributed by atoms with Gasteiger partial charge in [-0.2, -0.15) is 4.31 Å². The Morgan fingerprint density at radius 2 is 2.14 bits per heavy atom. The maximum absolute atomic E-state index is 12.5. The number of rotatable bonds is 6. The quantitative estimate of drug-likeness (QED) is 0.756. The second-order valence-electron chi connectivity index (χ2n) is 4.79. The van der Waals surface area contributed by atoms with Gasteiger partial charge in [0.2, 0.25) is 0 Å². The lowest BCUT2D eigenvalue weighted by atomic mass is 10.2. The molecule has 114 valence electrons. The minimum atomic E-state index is -3.58. The van der Waals surface area contributed by atoms with E-state index in [-0.39, 0.29) is 11.1 Å². The molecule has 0 fully saturated rings. The molecule has 0 bridgehead atoms. The minimum Gasteiger partial charge on any atom is -0.243 e. The van der Waals surface area contributed by atoms with Crippen LogP contribution in [0.25, 0.3) is 0 Å². The molecule has 0 aromatic carbocycles. The zero-order valence-electron chi connectivity index (χ0n) is 11.9. The molecule has 21 heavy (non-hydrogen) atoms. The van der Waals surface area contributed by atoms with E-state index < -0.39 is 10.0 Å². The van der Waals surface area contributed by atoms with E-state index in [0.29, 0.717) is 12.3 Å². The van der Waals surface area contributed by atoms with Crippen molar-refractivity contribution in [3.63, 3.8) is 0 Å². The Balaban J connectivity index is 2.16. The van der Waals surface area contributed by atoms with Crippen molar-refractivity contribution >= 4 is 33.0 Å². The summed E-state index contributed by atoms with van der Waals surface area (Å²) in [6, 6.07) is 7.03. The molecular weight excluding hydrogens is 328 g/mol. The lowest BCUT2D eigenvalue weighted by Gasteiger charge is -2.23. The van der Waals surface area contributed by atoms with Crippen LogP contribution in [-0.2, 0) is 22.3 Å². The molecule has 4 nitrogen and oxygen atoms in total. The van der Waals surface area contributed by atoms with Crippen LogP contribution >= 0.6 is 22.9 Å². The summed E-state index contributed by atoms with van der Waals surface area (Å²) in [5.74, 6) is 0.317. The van der Waals surface area contributed by atoms with Gasteiger partial charge in [0.1, 0.15) is 0 Å². The lowest BCUT2D eigenvalue weighted by Crippen LogP contribution is -2.36. The summed E-state index contributed by atoms with van der Waals surface area (Å²) in [6.45, 7) is 1.89. The topological polar surface area (TPSA) is 50.3 Å². The first kappa shape index (κ1) is 16.4. The van der Waals surface area contributed by atoms with Crippen LogP contribution in [0, 0.1) is 0 Å². The highest BCUT2D eigenvalue weighted by atomic mass is 35.5. The van der Waals surface area contributed by atoms with Gasteiger partial charge in [-0.25, -0.2) is 13.4 Å². The number of alkyl halides is 1. The maximum Gasteiger partial charge on any atom is 0.260 e. The van der Waals surface area contributed by atoms with Gasteiger partial charge in [0.25, 0.3) is 10.0 Å². The molecule has 0 spiro atoms. The molecule has 2 aromatic rings. The van der Waals surface area contributed by atoms with E-state index in [1.165, 1.54) is 16.6 Å². The predicted octanol–water partition coefficient (Wildman–Crippen LogP) is 3.13. The molecule has 0 N–H and O–H groups in total. The van der Waals surface area contributed by atoms with Gasteiger partial charge in [0.05, 0.1) is 0 Å². The Labute approximate surface area is 134 Å². The van der Waals surface area contributed by atoms with E-state index in [2.05, 4.69) is 4.98 Å². The Kier molecular flexibility index (Phi) is 5.37. The highest BCUT2D eigenvalue weighted by Gasteiger charge is 2.26. The number of hydrogen-bond acceptors (Lipinski definition) is 4. The normalized spacial score (nSPS) is 13.5. The number of aromatic nitrogens is 1. The molecule has 0 aliphatic carbocycles. The summed E-state index contributed by atoms with van der Waals surface area (Å²) in [4.78, 5) is 5.17. The van der Waals surface area contributed by atoms with Crippen molar-refractivity contribution in [2.24, 2.45) is 0 Å². The first-order chi connectivity index (χ1) is 9.95. The van der Waals surface area contributed by atoms with Gasteiger partial charge in [-0.1, -0.05) is 12.1 Å². The summed E-state index contributed by atoms with van der Waals surface area (Å²) < 4.78 is 26.4. The van der Waals surface area contributed by atoms with E-state index in [4.69, 9.17) is 11.6 Å². The molecular formula is C14H17ClN2O2S2. The summed E-state index contributed by atoms with van der Waals surface area (Å²) in [5.41, 5.74) is 0.796. The van der Waals surface area contributed by atoms with E-state index in [1.807, 2.05) is 24.4 Å². The molecule has 0 radical (unpaired) electrons. The Hall–Kier alpha value is -0.950. The standard InChI is InChI=1S/C14H17ClN2O2S2/c1-11(8-13-4-3-7-20-13)17(2)21(18,19)14-6-5-12(9-15)10-16-14/h3-7,10-11H,8-9H2,1-2H3. The van der Waals surface area contributed by atoms with E-state index >= 15 is 0 Å². The van der Waals surface area contributed by atoms with Gasteiger partial charge < -0.3 is 0 Å². The van der Waals surface area contributed by atoms with Crippen LogP contribution in [0.4, 0.5) is 0 Å². The smallest absolute Gasteiger partial charge is 0.243 e. The Bertz CT molecular complexity index is 670. The van der Waals surface area contributed by atoms with Crippen molar-refractivity contribution in [3.05, 3.63) is 46.3 Å². The molecule has 0 saturated carbocycles. The lowest BCUT2D eigenvalue weighted by molar-refractivity contribution is 0.386. The molecule has 2 aromatic heterocycles. The zero-order chi connectivity index (χ0) is 15.5. The first-order valence-electron chi connectivity index (χ1n) is 6.46. The maximum atomic E-state index is 12.5. The zero-order valence-corrected chi connectivity index (χ0v) is 14.2. The second kappa shape index (κ2) is 6.87. The van der Waals surface area contributed by atoms with Gasteiger partial charge in [0, 0.05) is 30.0 Å². The highest BCUT2D eigenvalue weighted by Crippen LogP contribution is 2.19. The number of sulfonamides is 1. The number of halogens is 1. The van der Waals surface area contributed by atoms with Gasteiger partial charge in [-0.15, -0.1) is 22.9 Å². The van der Waals surface area contributed by atoms with Crippen molar-refractivity contribution in [1.82, 2.24) is 9.29 Å². The van der Waals surface area contributed by atoms with E-state index in [1.54, 1.807) is 24.5 Å². The summed E-state index contributed by atoms with van der Waals surface area (Å²) >= 11 is 7.32. The first-order valence-corrected chi connectivity index (χ1v) is 9.32. The highest BCUT2D eigenvalue weighted by molar-refractivity contribution is 7.89. The van der Waals surface area contributed by atoms with Crippen LogP contribution in [0.15, 0.2) is 40.9 Å². The Morgan fingerprint density at radius 1 is 1.38 bits per heavy atom. The summed E-state index contributed by atoms with van der Waals surface area (Å²) in [6.07, 6.45) is 2.19. The molecule has 0 aliphatic rings. The fourth-order valence-electron chi connectivity index (χ4n) is 1.88. The third-order valence-corrected chi connectivity index (χ3v) is 6.39. The van der Waals surface area contributed by atoms with E-state index in [9.17, 15) is 8.42 Å². The molecule has 2 rings (SSSR count). The number of likely N-dealkylation sites (N-methyl/N-ethyl adjacent to an activating group) is 1. The van der Waals surface area contributed by atoms with Crippen molar-refractivity contribution < 1.29 is 8.42 Å². The molecule has 0 saturated heterocycles. The third-order valence-electron chi connectivity index (χ3n) is 3.29. The predicted molar refractivity (Wildman–Crippen MR) is 86.2 cm³/mol. The Morgan fingerprint density at radius 3 is 2.67 bits per heavy atom. The number of nitrogens with zero attached hydrogens (tertiary/aromatic N) is 2. The monoisotopic (exact) mass is 344 g/mol. The molecule has 1 unspecified atom stereocenters. The third kappa shape index (κ3) is 3.83. The van der Waals surface area contributed by atoms with Crippen molar-refractivity contribution in [2.75, 3.05) is 7.05 Å². The van der Waals surface area contributed by atoms with Crippen molar-refractivity contribution in [1.29, 1.82) is 0 Å². The molecule has 0 amide bonds.